The molecule has 0 bridgehead atoms. The average molecular weight is 261 g/mol. The van der Waals surface area contributed by atoms with Gasteiger partial charge >= 0.3 is 0 Å². The van der Waals surface area contributed by atoms with E-state index in [0.29, 0.717) is 5.56 Å². The summed E-state index contributed by atoms with van der Waals surface area (Å²) in [5.41, 5.74) is 1.73. The second-order valence-corrected chi connectivity index (χ2v) is 4.94. The minimum Gasteiger partial charge on any atom is -0.378 e. The zero-order chi connectivity index (χ0) is 13.0. The molecular formula is C15H16FNS. The van der Waals surface area contributed by atoms with Crippen molar-refractivity contribution < 1.29 is 4.39 Å². The van der Waals surface area contributed by atoms with Crippen LogP contribution in [0.3, 0.4) is 0 Å². The van der Waals surface area contributed by atoms with Crippen LogP contribution in [0, 0.1) is 5.82 Å². The quantitative estimate of drug-likeness (QED) is 0.799. The summed E-state index contributed by atoms with van der Waals surface area (Å²) in [7, 11) is 0. The van der Waals surface area contributed by atoms with Gasteiger partial charge in [-0.3, -0.25) is 0 Å². The lowest BCUT2D eigenvalue weighted by atomic mass is 10.1. The second-order valence-electron chi connectivity index (χ2n) is 4.09. The first kappa shape index (κ1) is 13.0. The predicted octanol–water partition coefficient (Wildman–Crippen LogP) is 4.72. The Morgan fingerprint density at radius 3 is 2.44 bits per heavy atom. The van der Waals surface area contributed by atoms with Crippen LogP contribution in [0.5, 0.6) is 0 Å². The van der Waals surface area contributed by atoms with Crippen molar-refractivity contribution in [3.8, 4) is 0 Å². The van der Waals surface area contributed by atoms with Gasteiger partial charge in [0, 0.05) is 16.1 Å². The van der Waals surface area contributed by atoms with Gasteiger partial charge in [0.15, 0.2) is 0 Å². The summed E-state index contributed by atoms with van der Waals surface area (Å²) in [5.74, 6) is -0.167. The minimum atomic E-state index is -0.167. The second kappa shape index (κ2) is 5.91. The summed E-state index contributed by atoms with van der Waals surface area (Å²) in [5, 5.41) is 3.36. The van der Waals surface area contributed by atoms with Crippen molar-refractivity contribution in [1.82, 2.24) is 0 Å². The Bertz CT molecular complexity index is 527. The van der Waals surface area contributed by atoms with Gasteiger partial charge in [-0.25, -0.2) is 4.39 Å². The summed E-state index contributed by atoms with van der Waals surface area (Å²) >= 11 is 1.68. The van der Waals surface area contributed by atoms with E-state index in [9.17, 15) is 4.39 Å². The topological polar surface area (TPSA) is 12.0 Å². The summed E-state index contributed by atoms with van der Waals surface area (Å²) < 4.78 is 13.7. The minimum absolute atomic E-state index is 0.0560. The number of halogens is 1. The lowest BCUT2D eigenvalue weighted by Crippen LogP contribution is -2.09. The molecule has 1 nitrogen and oxygen atoms in total. The predicted molar refractivity (Wildman–Crippen MR) is 76.7 cm³/mol. The lowest BCUT2D eigenvalue weighted by molar-refractivity contribution is 0.600. The van der Waals surface area contributed by atoms with Crippen LogP contribution >= 0.6 is 11.8 Å². The first-order valence-corrected chi connectivity index (χ1v) is 7.09. The Labute approximate surface area is 111 Å². The van der Waals surface area contributed by atoms with Crippen LogP contribution in [0.1, 0.15) is 18.5 Å². The van der Waals surface area contributed by atoms with Gasteiger partial charge in [0.1, 0.15) is 5.82 Å². The molecule has 0 aliphatic heterocycles. The number of nitrogens with one attached hydrogen (secondary N) is 1. The van der Waals surface area contributed by atoms with E-state index in [2.05, 4.69) is 11.4 Å². The first-order valence-electron chi connectivity index (χ1n) is 5.86. The molecule has 0 aliphatic carbocycles. The average Bonchev–Trinajstić information content (AvgIpc) is 2.39. The van der Waals surface area contributed by atoms with Gasteiger partial charge in [0.25, 0.3) is 0 Å². The van der Waals surface area contributed by atoms with E-state index in [1.165, 1.54) is 11.0 Å². The molecule has 18 heavy (non-hydrogen) atoms. The van der Waals surface area contributed by atoms with Crippen LogP contribution in [-0.4, -0.2) is 6.26 Å². The van der Waals surface area contributed by atoms with Crippen LogP contribution in [0.2, 0.25) is 0 Å². The molecule has 1 N–H and O–H groups in total. The maximum Gasteiger partial charge on any atom is 0.128 e. The first-order chi connectivity index (χ1) is 8.72. The highest BCUT2D eigenvalue weighted by Crippen LogP contribution is 2.28. The Hall–Kier alpha value is -1.48. The van der Waals surface area contributed by atoms with Crippen LogP contribution in [0.25, 0.3) is 0 Å². The Morgan fingerprint density at radius 1 is 1.06 bits per heavy atom. The number of benzene rings is 2. The number of rotatable bonds is 4. The molecule has 2 aromatic rings. The summed E-state index contributed by atoms with van der Waals surface area (Å²) in [6.45, 7) is 1.97. The Morgan fingerprint density at radius 2 is 1.72 bits per heavy atom. The van der Waals surface area contributed by atoms with Crippen LogP contribution in [0.4, 0.5) is 10.1 Å². The summed E-state index contributed by atoms with van der Waals surface area (Å²) in [6.07, 6.45) is 2.04. The third kappa shape index (κ3) is 2.85. The fourth-order valence-corrected chi connectivity index (χ4v) is 2.46. The monoisotopic (exact) mass is 261 g/mol. The molecule has 0 fully saturated rings. The van der Waals surface area contributed by atoms with Crippen molar-refractivity contribution in [3.05, 3.63) is 59.9 Å². The molecule has 0 radical (unpaired) electrons. The molecule has 94 valence electrons. The molecule has 1 atom stereocenters. The van der Waals surface area contributed by atoms with Gasteiger partial charge in [0.2, 0.25) is 0 Å². The van der Waals surface area contributed by atoms with Crippen molar-refractivity contribution in [3.63, 3.8) is 0 Å². The van der Waals surface area contributed by atoms with Crippen molar-refractivity contribution in [2.45, 2.75) is 17.9 Å². The van der Waals surface area contributed by atoms with E-state index in [1.54, 1.807) is 17.8 Å². The van der Waals surface area contributed by atoms with E-state index < -0.39 is 0 Å². The van der Waals surface area contributed by atoms with Gasteiger partial charge in [0.05, 0.1) is 6.04 Å². The highest BCUT2D eigenvalue weighted by Gasteiger charge is 2.11. The van der Waals surface area contributed by atoms with E-state index in [0.717, 1.165) is 5.69 Å². The molecule has 0 saturated heterocycles. The van der Waals surface area contributed by atoms with Crippen molar-refractivity contribution in [2.24, 2.45) is 0 Å². The molecule has 0 aromatic heterocycles. The number of hydrogen-bond acceptors (Lipinski definition) is 2. The number of hydrogen-bond donors (Lipinski definition) is 1. The maximum absolute atomic E-state index is 13.7. The molecular weight excluding hydrogens is 245 g/mol. The molecule has 0 aliphatic rings. The molecule has 2 aromatic carbocycles. The van der Waals surface area contributed by atoms with Crippen molar-refractivity contribution in [1.29, 1.82) is 0 Å². The van der Waals surface area contributed by atoms with Gasteiger partial charge in [-0.2, -0.15) is 0 Å². The summed E-state index contributed by atoms with van der Waals surface area (Å²) in [4.78, 5) is 1.17. The fourth-order valence-electron chi connectivity index (χ4n) is 1.90. The van der Waals surface area contributed by atoms with Crippen molar-refractivity contribution in [2.75, 3.05) is 11.6 Å². The van der Waals surface area contributed by atoms with Gasteiger partial charge < -0.3 is 5.32 Å². The molecule has 2 rings (SSSR count). The highest BCUT2D eigenvalue weighted by atomic mass is 32.2. The number of thioether (sulfide) groups is 1. The fraction of sp³-hybridized carbons (Fsp3) is 0.200. The van der Waals surface area contributed by atoms with E-state index in [-0.39, 0.29) is 11.9 Å². The van der Waals surface area contributed by atoms with Crippen LogP contribution in [0.15, 0.2) is 53.4 Å². The van der Waals surface area contributed by atoms with Crippen LogP contribution in [-0.2, 0) is 0 Å². The molecule has 0 heterocycles. The smallest absolute Gasteiger partial charge is 0.128 e. The lowest BCUT2D eigenvalue weighted by Gasteiger charge is -2.18. The van der Waals surface area contributed by atoms with E-state index in [4.69, 9.17) is 0 Å². The zero-order valence-corrected chi connectivity index (χ0v) is 11.3. The molecule has 3 heteroatoms. The highest BCUT2D eigenvalue weighted by molar-refractivity contribution is 7.98. The van der Waals surface area contributed by atoms with Crippen LogP contribution < -0.4 is 5.32 Å². The SMILES string of the molecule is CSc1ccccc1NC(C)c1ccccc1F. The largest absolute Gasteiger partial charge is 0.378 e. The summed E-state index contributed by atoms with van der Waals surface area (Å²) in [6, 6.07) is 14.9. The normalized spacial score (nSPS) is 12.2. The van der Waals surface area contributed by atoms with E-state index in [1.807, 2.05) is 43.5 Å². The Kier molecular flexibility index (Phi) is 4.26. The zero-order valence-electron chi connectivity index (χ0n) is 10.5. The molecule has 1 unspecified atom stereocenters. The van der Waals surface area contributed by atoms with Gasteiger partial charge in [-0.05, 0) is 31.4 Å². The van der Waals surface area contributed by atoms with Gasteiger partial charge in [-0.1, -0.05) is 30.3 Å². The standard InChI is InChI=1S/C15H16FNS/c1-11(12-7-3-4-8-13(12)16)17-14-9-5-6-10-15(14)18-2/h3-11,17H,1-2H3. The van der Waals surface area contributed by atoms with Crippen molar-refractivity contribution >= 4 is 17.4 Å². The maximum atomic E-state index is 13.7. The third-order valence-corrected chi connectivity index (χ3v) is 3.65. The number of anilines is 1. The Balaban J connectivity index is 2.21. The number of para-hydroxylation sites is 1. The molecule has 0 saturated carbocycles. The molecule has 0 amide bonds. The molecule has 0 spiro atoms. The van der Waals surface area contributed by atoms with Gasteiger partial charge in [-0.15, -0.1) is 11.8 Å². The third-order valence-electron chi connectivity index (χ3n) is 2.85. The van der Waals surface area contributed by atoms with E-state index >= 15 is 0 Å².